The second-order valence-corrected chi connectivity index (χ2v) is 5.19. The predicted octanol–water partition coefficient (Wildman–Crippen LogP) is 2.58. The average molecular weight is 275 g/mol. The molecule has 0 atom stereocenters. The second kappa shape index (κ2) is 5.95. The van der Waals surface area contributed by atoms with E-state index >= 15 is 0 Å². The van der Waals surface area contributed by atoms with Crippen LogP contribution >= 0.6 is 11.3 Å². The highest BCUT2D eigenvalue weighted by Crippen LogP contribution is 2.23. The molecule has 0 bridgehead atoms. The van der Waals surface area contributed by atoms with E-state index in [1.54, 1.807) is 4.90 Å². The summed E-state index contributed by atoms with van der Waals surface area (Å²) < 4.78 is 0. The first-order valence-electron chi connectivity index (χ1n) is 6.20. The topological polar surface area (TPSA) is 59.2 Å². The molecular formula is C14H17N3OS. The Balaban J connectivity index is 2.33. The summed E-state index contributed by atoms with van der Waals surface area (Å²) in [6.07, 6.45) is 0. The Hall–Kier alpha value is -1.72. The Morgan fingerprint density at radius 2 is 2.05 bits per heavy atom. The van der Waals surface area contributed by atoms with E-state index < -0.39 is 0 Å². The van der Waals surface area contributed by atoms with Crippen molar-refractivity contribution < 1.29 is 4.79 Å². The summed E-state index contributed by atoms with van der Waals surface area (Å²) in [6.45, 7) is 4.81. The van der Waals surface area contributed by atoms with Gasteiger partial charge in [0.1, 0.15) is 9.88 Å². The third-order valence-electron chi connectivity index (χ3n) is 2.84. The predicted molar refractivity (Wildman–Crippen MR) is 78.5 cm³/mol. The lowest BCUT2D eigenvalue weighted by atomic mass is 10.2. The zero-order valence-electron chi connectivity index (χ0n) is 11.1. The molecule has 0 fully saturated rings. The minimum Gasteiger partial charge on any atom is -0.325 e. The van der Waals surface area contributed by atoms with E-state index in [1.807, 2.05) is 44.2 Å². The van der Waals surface area contributed by atoms with Gasteiger partial charge < -0.3 is 10.6 Å². The van der Waals surface area contributed by atoms with Crippen LogP contribution in [0.25, 0.3) is 0 Å². The lowest BCUT2D eigenvalue weighted by molar-refractivity contribution is 0.0991. The largest absolute Gasteiger partial charge is 0.325 e. The van der Waals surface area contributed by atoms with Gasteiger partial charge in [-0.1, -0.05) is 18.2 Å². The quantitative estimate of drug-likeness (QED) is 0.933. The summed E-state index contributed by atoms with van der Waals surface area (Å²) in [4.78, 5) is 19.3. The van der Waals surface area contributed by atoms with E-state index in [-0.39, 0.29) is 5.91 Å². The van der Waals surface area contributed by atoms with Gasteiger partial charge in [-0.2, -0.15) is 0 Å². The molecule has 5 heteroatoms. The van der Waals surface area contributed by atoms with Gasteiger partial charge in [-0.05, 0) is 26.0 Å². The van der Waals surface area contributed by atoms with E-state index in [0.29, 0.717) is 18.0 Å². The average Bonchev–Trinajstić information content (AvgIpc) is 2.82. The lowest BCUT2D eigenvalue weighted by Crippen LogP contribution is -2.30. The number of amides is 1. The number of thiazole rings is 1. The first kappa shape index (κ1) is 13.7. The van der Waals surface area contributed by atoms with Gasteiger partial charge in [0.05, 0.1) is 5.69 Å². The first-order valence-corrected chi connectivity index (χ1v) is 7.02. The molecule has 1 aromatic carbocycles. The zero-order chi connectivity index (χ0) is 13.8. The van der Waals surface area contributed by atoms with Crippen molar-refractivity contribution in [2.24, 2.45) is 5.73 Å². The van der Waals surface area contributed by atoms with Crippen LogP contribution in [0.15, 0.2) is 30.3 Å². The Labute approximate surface area is 116 Å². The van der Waals surface area contributed by atoms with E-state index in [0.717, 1.165) is 16.4 Å². The number of nitrogens with zero attached hydrogens (tertiary/aromatic N) is 2. The molecule has 2 aromatic rings. The van der Waals surface area contributed by atoms with Crippen LogP contribution in [-0.4, -0.2) is 17.4 Å². The molecule has 4 nitrogen and oxygen atoms in total. The van der Waals surface area contributed by atoms with Crippen molar-refractivity contribution in [2.75, 3.05) is 11.4 Å². The van der Waals surface area contributed by atoms with Crippen LogP contribution in [0.2, 0.25) is 0 Å². The second-order valence-electron chi connectivity index (χ2n) is 4.11. The van der Waals surface area contributed by atoms with Crippen molar-refractivity contribution in [3.8, 4) is 0 Å². The fourth-order valence-corrected chi connectivity index (χ4v) is 2.80. The van der Waals surface area contributed by atoms with Crippen LogP contribution in [-0.2, 0) is 6.54 Å². The molecule has 0 saturated carbocycles. The molecular weight excluding hydrogens is 258 g/mol. The SMILES string of the molecule is CCN(C(=O)c1sc(CN)nc1C)c1ccccc1. The number of anilines is 1. The number of hydrogen-bond donors (Lipinski definition) is 1. The number of carbonyl (C=O) groups excluding carboxylic acids is 1. The zero-order valence-corrected chi connectivity index (χ0v) is 11.9. The summed E-state index contributed by atoms with van der Waals surface area (Å²) >= 11 is 1.38. The number of aromatic nitrogens is 1. The van der Waals surface area contributed by atoms with Crippen LogP contribution in [0, 0.1) is 6.92 Å². The van der Waals surface area contributed by atoms with Gasteiger partial charge in [0.15, 0.2) is 0 Å². The van der Waals surface area contributed by atoms with E-state index in [1.165, 1.54) is 11.3 Å². The number of benzene rings is 1. The molecule has 0 saturated heterocycles. The Kier molecular flexibility index (Phi) is 4.29. The molecule has 1 heterocycles. The van der Waals surface area contributed by atoms with Gasteiger partial charge in [0.2, 0.25) is 0 Å². The number of carbonyl (C=O) groups is 1. The molecule has 0 aliphatic carbocycles. The highest BCUT2D eigenvalue weighted by molar-refractivity contribution is 7.13. The van der Waals surface area contributed by atoms with Gasteiger partial charge in [0, 0.05) is 18.8 Å². The number of para-hydroxylation sites is 1. The molecule has 0 radical (unpaired) electrons. The molecule has 0 spiro atoms. The smallest absolute Gasteiger partial charge is 0.270 e. The first-order chi connectivity index (χ1) is 9.17. The van der Waals surface area contributed by atoms with Gasteiger partial charge in [0.25, 0.3) is 5.91 Å². The third-order valence-corrected chi connectivity index (χ3v) is 4.01. The molecule has 2 rings (SSSR count). The van der Waals surface area contributed by atoms with Crippen LogP contribution in [0.5, 0.6) is 0 Å². The molecule has 1 aromatic heterocycles. The number of aryl methyl sites for hydroxylation is 1. The van der Waals surface area contributed by atoms with Crippen molar-refractivity contribution in [3.63, 3.8) is 0 Å². The maximum Gasteiger partial charge on any atom is 0.270 e. The number of hydrogen-bond acceptors (Lipinski definition) is 4. The number of nitrogens with two attached hydrogens (primary N) is 1. The molecule has 1 amide bonds. The van der Waals surface area contributed by atoms with Crippen LogP contribution in [0.4, 0.5) is 5.69 Å². The van der Waals surface area contributed by atoms with E-state index in [9.17, 15) is 4.79 Å². The van der Waals surface area contributed by atoms with Crippen molar-refractivity contribution in [1.29, 1.82) is 0 Å². The van der Waals surface area contributed by atoms with Crippen LogP contribution in [0.3, 0.4) is 0 Å². The van der Waals surface area contributed by atoms with Gasteiger partial charge in [-0.3, -0.25) is 4.79 Å². The lowest BCUT2D eigenvalue weighted by Gasteiger charge is -2.20. The molecule has 19 heavy (non-hydrogen) atoms. The van der Waals surface area contributed by atoms with Crippen molar-refractivity contribution in [2.45, 2.75) is 20.4 Å². The maximum atomic E-state index is 12.6. The van der Waals surface area contributed by atoms with Crippen LogP contribution < -0.4 is 10.6 Å². The minimum absolute atomic E-state index is 0.0107. The third kappa shape index (κ3) is 2.83. The molecule has 0 unspecified atom stereocenters. The van der Waals surface area contributed by atoms with Gasteiger partial charge in [-0.15, -0.1) is 11.3 Å². The normalized spacial score (nSPS) is 10.5. The standard InChI is InChI=1S/C14H17N3OS/c1-3-17(11-7-5-4-6-8-11)14(18)13-10(2)16-12(9-15)19-13/h4-8H,3,9,15H2,1-2H3. The summed E-state index contributed by atoms with van der Waals surface area (Å²) in [7, 11) is 0. The molecule has 0 aliphatic heterocycles. The van der Waals surface area contributed by atoms with Crippen molar-refractivity contribution >= 4 is 22.9 Å². The summed E-state index contributed by atoms with van der Waals surface area (Å²) in [5, 5.41) is 0.796. The minimum atomic E-state index is -0.0107. The number of rotatable bonds is 4. The van der Waals surface area contributed by atoms with Gasteiger partial charge >= 0.3 is 0 Å². The fourth-order valence-electron chi connectivity index (χ4n) is 1.91. The molecule has 100 valence electrons. The molecule has 2 N–H and O–H groups in total. The summed E-state index contributed by atoms with van der Waals surface area (Å²) in [5.41, 5.74) is 7.23. The molecule has 0 aliphatic rings. The highest BCUT2D eigenvalue weighted by atomic mass is 32.1. The van der Waals surface area contributed by atoms with Crippen LogP contribution in [0.1, 0.15) is 27.3 Å². The maximum absolute atomic E-state index is 12.6. The Morgan fingerprint density at radius 3 is 2.58 bits per heavy atom. The monoisotopic (exact) mass is 275 g/mol. The Bertz CT molecular complexity index is 565. The van der Waals surface area contributed by atoms with E-state index in [2.05, 4.69) is 4.98 Å². The van der Waals surface area contributed by atoms with Crippen molar-refractivity contribution in [3.05, 3.63) is 45.9 Å². The van der Waals surface area contributed by atoms with Crippen molar-refractivity contribution in [1.82, 2.24) is 4.98 Å². The highest BCUT2D eigenvalue weighted by Gasteiger charge is 2.21. The van der Waals surface area contributed by atoms with E-state index in [4.69, 9.17) is 5.73 Å². The van der Waals surface area contributed by atoms with Gasteiger partial charge in [-0.25, -0.2) is 4.98 Å². The fraction of sp³-hybridized carbons (Fsp3) is 0.286. The summed E-state index contributed by atoms with van der Waals surface area (Å²) in [6, 6.07) is 9.65. The Morgan fingerprint density at radius 1 is 1.37 bits per heavy atom. The summed E-state index contributed by atoms with van der Waals surface area (Å²) in [5.74, 6) is -0.0107.